The molecule has 1 atom stereocenters. The molecule has 1 saturated heterocycles. The van der Waals surface area contributed by atoms with Crippen molar-refractivity contribution in [2.24, 2.45) is 0 Å². The molecule has 0 spiro atoms. The summed E-state index contributed by atoms with van der Waals surface area (Å²) < 4.78 is 26.5. The Labute approximate surface area is 173 Å². The van der Waals surface area contributed by atoms with Gasteiger partial charge >= 0.3 is 0 Å². The zero-order valence-electron chi connectivity index (χ0n) is 16.4. The van der Waals surface area contributed by atoms with E-state index in [1.54, 1.807) is 30.5 Å². The number of amides is 1. The summed E-state index contributed by atoms with van der Waals surface area (Å²) in [5.41, 5.74) is 2.23. The van der Waals surface area contributed by atoms with Crippen LogP contribution in [0.5, 0.6) is 0 Å². The quantitative estimate of drug-likeness (QED) is 0.678. The van der Waals surface area contributed by atoms with Gasteiger partial charge in [-0.25, -0.2) is 18.7 Å². The van der Waals surface area contributed by atoms with Crippen LogP contribution >= 0.6 is 0 Å². The number of carbonyl (C=O) groups excluding carboxylic acids is 1. The lowest BCUT2D eigenvalue weighted by Gasteiger charge is -2.32. The number of carbonyl (C=O) groups is 1. The highest BCUT2D eigenvalue weighted by Crippen LogP contribution is 2.27. The molecule has 5 nitrogen and oxygen atoms in total. The highest BCUT2D eigenvalue weighted by atomic mass is 19.1. The molecule has 1 aliphatic heterocycles. The summed E-state index contributed by atoms with van der Waals surface area (Å²) >= 11 is 0. The molecule has 1 aromatic heterocycles. The number of hydrogen-bond donors (Lipinski definition) is 1. The van der Waals surface area contributed by atoms with Gasteiger partial charge in [-0.2, -0.15) is 0 Å². The second-order valence-corrected chi connectivity index (χ2v) is 7.42. The maximum atomic E-state index is 13.4. The summed E-state index contributed by atoms with van der Waals surface area (Å²) in [6.07, 6.45) is 3.67. The normalized spacial score (nSPS) is 16.3. The van der Waals surface area contributed by atoms with E-state index in [2.05, 4.69) is 15.3 Å². The van der Waals surface area contributed by atoms with Crippen molar-refractivity contribution in [3.63, 3.8) is 0 Å². The molecule has 1 aliphatic rings. The first-order valence-corrected chi connectivity index (χ1v) is 9.94. The summed E-state index contributed by atoms with van der Waals surface area (Å²) in [7, 11) is 0. The highest BCUT2D eigenvalue weighted by molar-refractivity contribution is 5.79. The molecule has 2 aromatic carbocycles. The van der Waals surface area contributed by atoms with Gasteiger partial charge in [-0.15, -0.1) is 0 Å². The van der Waals surface area contributed by atoms with Crippen molar-refractivity contribution in [3.8, 4) is 0 Å². The third kappa shape index (κ3) is 4.97. The van der Waals surface area contributed by atoms with E-state index in [1.165, 1.54) is 24.3 Å². The Hall–Kier alpha value is -3.35. The molecule has 0 saturated carbocycles. The fourth-order valence-electron chi connectivity index (χ4n) is 3.70. The Morgan fingerprint density at radius 1 is 1.10 bits per heavy atom. The third-order valence-electron chi connectivity index (χ3n) is 5.21. The largest absolute Gasteiger partial charge is 0.342 e. The third-order valence-corrected chi connectivity index (χ3v) is 5.21. The highest BCUT2D eigenvalue weighted by Gasteiger charge is 2.26. The fraction of sp³-hybridized carbons (Fsp3) is 0.261. The van der Waals surface area contributed by atoms with Gasteiger partial charge in [-0.1, -0.05) is 12.1 Å². The van der Waals surface area contributed by atoms with E-state index in [9.17, 15) is 13.6 Å². The molecule has 0 bridgehead atoms. The summed E-state index contributed by atoms with van der Waals surface area (Å²) in [5.74, 6) is -0.113. The van der Waals surface area contributed by atoms with Crippen molar-refractivity contribution in [2.75, 3.05) is 18.4 Å². The Kier molecular flexibility index (Phi) is 5.97. The second-order valence-electron chi connectivity index (χ2n) is 7.42. The first kappa shape index (κ1) is 19.9. The molecule has 1 N–H and O–H groups in total. The Morgan fingerprint density at radius 3 is 2.73 bits per heavy atom. The van der Waals surface area contributed by atoms with Gasteiger partial charge in [-0.05, 0) is 60.9 Å². The van der Waals surface area contributed by atoms with E-state index in [4.69, 9.17) is 0 Å². The molecule has 7 heteroatoms. The van der Waals surface area contributed by atoms with Crippen LogP contribution in [-0.4, -0.2) is 33.9 Å². The van der Waals surface area contributed by atoms with E-state index in [0.717, 1.165) is 18.5 Å². The van der Waals surface area contributed by atoms with Crippen molar-refractivity contribution in [1.29, 1.82) is 0 Å². The van der Waals surface area contributed by atoms with Crippen molar-refractivity contribution in [3.05, 3.63) is 83.7 Å². The Morgan fingerprint density at radius 2 is 1.93 bits per heavy atom. The molecule has 0 radical (unpaired) electrons. The molecular weight excluding hydrogens is 386 g/mol. The zero-order valence-corrected chi connectivity index (χ0v) is 16.4. The number of halogens is 2. The van der Waals surface area contributed by atoms with Crippen LogP contribution in [0.2, 0.25) is 0 Å². The number of rotatable bonds is 5. The van der Waals surface area contributed by atoms with Crippen LogP contribution in [0.4, 0.5) is 20.4 Å². The Bertz CT molecular complexity index is 1030. The number of hydrogen-bond acceptors (Lipinski definition) is 4. The minimum Gasteiger partial charge on any atom is -0.342 e. The first-order chi connectivity index (χ1) is 14.6. The van der Waals surface area contributed by atoms with Gasteiger partial charge in [0.1, 0.15) is 11.6 Å². The molecule has 3 aromatic rings. The topological polar surface area (TPSA) is 58.1 Å². The van der Waals surface area contributed by atoms with Crippen LogP contribution in [0.3, 0.4) is 0 Å². The summed E-state index contributed by atoms with van der Waals surface area (Å²) in [6, 6.07) is 14.0. The van der Waals surface area contributed by atoms with Gasteiger partial charge in [0.2, 0.25) is 11.9 Å². The van der Waals surface area contributed by atoms with Crippen LogP contribution in [0.1, 0.15) is 30.0 Å². The monoisotopic (exact) mass is 408 g/mol. The van der Waals surface area contributed by atoms with Crippen LogP contribution in [0.15, 0.2) is 60.8 Å². The molecular formula is C23H22F2N4O. The maximum absolute atomic E-state index is 13.4. The minimum atomic E-state index is -0.334. The second kappa shape index (κ2) is 8.98. The van der Waals surface area contributed by atoms with Gasteiger partial charge in [-0.3, -0.25) is 4.79 Å². The van der Waals surface area contributed by atoms with Gasteiger partial charge in [0.15, 0.2) is 0 Å². The predicted molar refractivity (Wildman–Crippen MR) is 110 cm³/mol. The maximum Gasteiger partial charge on any atom is 0.227 e. The molecule has 30 heavy (non-hydrogen) atoms. The van der Waals surface area contributed by atoms with Gasteiger partial charge in [0, 0.05) is 30.9 Å². The van der Waals surface area contributed by atoms with Crippen LogP contribution in [0, 0.1) is 11.6 Å². The van der Waals surface area contributed by atoms with Crippen molar-refractivity contribution < 1.29 is 13.6 Å². The molecule has 154 valence electrons. The van der Waals surface area contributed by atoms with Crippen molar-refractivity contribution >= 4 is 17.5 Å². The van der Waals surface area contributed by atoms with Gasteiger partial charge in [0.05, 0.1) is 12.1 Å². The first-order valence-electron chi connectivity index (χ1n) is 9.94. The average Bonchev–Trinajstić information content (AvgIpc) is 2.76. The number of nitrogens with zero attached hydrogens (tertiary/aromatic N) is 3. The SMILES string of the molecule is O=C(Cc1cccc(F)c1)N1CCCC(c2ccnc(Nc3ccc(F)cc3)n2)C1. The number of piperidine rings is 1. The zero-order chi connectivity index (χ0) is 20.9. The molecule has 4 rings (SSSR count). The lowest BCUT2D eigenvalue weighted by Crippen LogP contribution is -2.40. The van der Waals surface area contributed by atoms with E-state index < -0.39 is 0 Å². The van der Waals surface area contributed by atoms with Crippen LogP contribution in [0.25, 0.3) is 0 Å². The lowest BCUT2D eigenvalue weighted by molar-refractivity contribution is -0.131. The van der Waals surface area contributed by atoms with Gasteiger partial charge < -0.3 is 10.2 Å². The number of benzene rings is 2. The summed E-state index contributed by atoms with van der Waals surface area (Å²) in [6.45, 7) is 1.26. The van der Waals surface area contributed by atoms with E-state index >= 15 is 0 Å². The van der Waals surface area contributed by atoms with Crippen LogP contribution in [-0.2, 0) is 11.2 Å². The molecule has 2 heterocycles. The summed E-state index contributed by atoms with van der Waals surface area (Å²) in [5, 5.41) is 3.08. The van der Waals surface area contributed by atoms with Crippen molar-refractivity contribution in [1.82, 2.24) is 14.9 Å². The van der Waals surface area contributed by atoms with E-state index in [0.29, 0.717) is 30.3 Å². The minimum absolute atomic E-state index is 0.0102. The van der Waals surface area contributed by atoms with Crippen LogP contribution < -0.4 is 5.32 Å². The number of aromatic nitrogens is 2. The predicted octanol–water partition coefficient (Wildman–Crippen LogP) is 4.45. The summed E-state index contributed by atoms with van der Waals surface area (Å²) in [4.78, 5) is 23.4. The van der Waals surface area contributed by atoms with E-state index in [1.807, 2.05) is 11.0 Å². The standard InChI is InChI=1S/C23H22F2N4O/c24-18-6-8-20(9-7-18)27-23-26-11-10-21(28-23)17-4-2-12-29(15-17)22(30)14-16-3-1-5-19(25)13-16/h1,3,5-11,13,17H,2,4,12,14-15H2,(H,26,27,28). The lowest BCUT2D eigenvalue weighted by atomic mass is 9.94. The number of likely N-dealkylation sites (tertiary alicyclic amines) is 1. The molecule has 0 aliphatic carbocycles. The van der Waals surface area contributed by atoms with E-state index in [-0.39, 0.29) is 29.9 Å². The molecule has 1 fully saturated rings. The average molecular weight is 408 g/mol. The fourth-order valence-corrected chi connectivity index (χ4v) is 3.70. The van der Waals surface area contributed by atoms with Gasteiger partial charge in [0.25, 0.3) is 0 Å². The molecule has 1 amide bonds. The van der Waals surface area contributed by atoms with Crippen molar-refractivity contribution in [2.45, 2.75) is 25.2 Å². The smallest absolute Gasteiger partial charge is 0.227 e. The molecule has 1 unspecified atom stereocenters. The number of nitrogens with one attached hydrogen (secondary N) is 1. The number of anilines is 2. The Balaban J connectivity index is 1.42.